The summed E-state index contributed by atoms with van der Waals surface area (Å²) in [5, 5.41) is 6.18. The van der Waals surface area contributed by atoms with Crippen LogP contribution in [0.4, 0.5) is 0 Å². The van der Waals surface area contributed by atoms with Crippen LogP contribution in [0.3, 0.4) is 0 Å². The molecule has 3 atom stereocenters. The predicted molar refractivity (Wildman–Crippen MR) is 160 cm³/mol. The number of amides is 3. The van der Waals surface area contributed by atoms with Crippen molar-refractivity contribution in [2.75, 3.05) is 0 Å². The number of rotatable bonds is 7. The number of carbonyl (C=O) groups excluding carboxylic acids is 3. The fourth-order valence-electron chi connectivity index (χ4n) is 6.14. The molecule has 5 rings (SSSR count). The predicted octanol–water partition coefficient (Wildman–Crippen LogP) is 4.86. The molecule has 3 unspecified atom stereocenters. The third kappa shape index (κ3) is 6.19. The van der Waals surface area contributed by atoms with Gasteiger partial charge in [0, 0.05) is 17.9 Å². The molecule has 0 saturated carbocycles. The summed E-state index contributed by atoms with van der Waals surface area (Å²) in [6.45, 7) is 9.82. The van der Waals surface area contributed by atoms with E-state index in [1.807, 2.05) is 83.1 Å². The number of hydrogen-bond acceptors (Lipinski definition) is 4. The zero-order chi connectivity index (χ0) is 29.3. The normalized spacial score (nSPS) is 20.1. The van der Waals surface area contributed by atoms with Crippen molar-refractivity contribution in [2.24, 2.45) is 11.8 Å². The van der Waals surface area contributed by atoms with Gasteiger partial charge in [-0.05, 0) is 85.8 Å². The SMILES string of the molecule is CC(C)CC1C(=O)NC(C2Cc3ccccc3C2)C(=O)N1C(C(=O)NC(C)(C)C)c1ccc(-c2cccnc2)cc1. The molecule has 3 aromatic rings. The molecule has 7 nitrogen and oxygen atoms in total. The monoisotopic (exact) mass is 552 g/mol. The number of nitrogens with one attached hydrogen (secondary N) is 2. The molecule has 2 N–H and O–H groups in total. The fourth-order valence-corrected chi connectivity index (χ4v) is 6.14. The number of benzene rings is 2. The molecule has 1 aliphatic carbocycles. The number of piperazine rings is 1. The van der Waals surface area contributed by atoms with Crippen molar-refractivity contribution in [3.63, 3.8) is 0 Å². The maximum Gasteiger partial charge on any atom is 0.247 e. The highest BCUT2D eigenvalue weighted by Crippen LogP contribution is 2.36. The minimum atomic E-state index is -0.953. The van der Waals surface area contributed by atoms with Gasteiger partial charge >= 0.3 is 0 Å². The summed E-state index contributed by atoms with van der Waals surface area (Å²) in [6.07, 6.45) is 5.41. The summed E-state index contributed by atoms with van der Waals surface area (Å²) in [4.78, 5) is 48.1. The van der Waals surface area contributed by atoms with Gasteiger partial charge in [0.2, 0.25) is 17.7 Å². The van der Waals surface area contributed by atoms with Crippen LogP contribution in [0.25, 0.3) is 11.1 Å². The molecular weight excluding hydrogens is 512 g/mol. The van der Waals surface area contributed by atoms with Gasteiger partial charge in [-0.3, -0.25) is 19.4 Å². The van der Waals surface area contributed by atoms with Gasteiger partial charge in [0.15, 0.2) is 0 Å². The molecular formula is C34H40N4O3. The zero-order valence-electron chi connectivity index (χ0n) is 24.6. The first-order valence-corrected chi connectivity index (χ1v) is 14.5. The Labute approximate surface area is 242 Å². The van der Waals surface area contributed by atoms with Gasteiger partial charge < -0.3 is 15.5 Å². The third-order valence-electron chi connectivity index (χ3n) is 7.95. The highest BCUT2D eigenvalue weighted by atomic mass is 16.2. The lowest BCUT2D eigenvalue weighted by molar-refractivity contribution is -0.158. The highest BCUT2D eigenvalue weighted by Gasteiger charge is 2.49. The average molecular weight is 553 g/mol. The van der Waals surface area contributed by atoms with Crippen molar-refractivity contribution in [3.8, 4) is 11.1 Å². The smallest absolute Gasteiger partial charge is 0.247 e. The number of fused-ring (bicyclic) bond motifs is 1. The number of aromatic nitrogens is 1. The van der Waals surface area contributed by atoms with Crippen LogP contribution in [-0.4, -0.2) is 45.2 Å². The van der Waals surface area contributed by atoms with Gasteiger partial charge in [-0.1, -0.05) is 68.4 Å². The van der Waals surface area contributed by atoms with Crippen molar-refractivity contribution in [1.29, 1.82) is 0 Å². The van der Waals surface area contributed by atoms with Crippen molar-refractivity contribution >= 4 is 17.7 Å². The summed E-state index contributed by atoms with van der Waals surface area (Å²) < 4.78 is 0. The van der Waals surface area contributed by atoms with E-state index in [-0.39, 0.29) is 29.6 Å². The molecule has 2 aliphatic rings. The lowest BCUT2D eigenvalue weighted by atomic mass is 9.87. The van der Waals surface area contributed by atoms with Gasteiger partial charge in [0.25, 0.3) is 0 Å². The second kappa shape index (κ2) is 11.5. The molecule has 1 saturated heterocycles. The minimum Gasteiger partial charge on any atom is -0.349 e. The summed E-state index contributed by atoms with van der Waals surface area (Å²) in [5.41, 5.74) is 4.49. The van der Waals surface area contributed by atoms with Crippen LogP contribution < -0.4 is 10.6 Å². The van der Waals surface area contributed by atoms with Crippen LogP contribution in [0.15, 0.2) is 73.1 Å². The Morgan fingerprint density at radius 1 is 0.976 bits per heavy atom. The Morgan fingerprint density at radius 2 is 1.63 bits per heavy atom. The first kappa shape index (κ1) is 28.5. The van der Waals surface area contributed by atoms with E-state index >= 15 is 0 Å². The van der Waals surface area contributed by atoms with E-state index in [9.17, 15) is 14.4 Å². The Bertz CT molecular complexity index is 1390. The van der Waals surface area contributed by atoms with Gasteiger partial charge in [0.05, 0.1) is 0 Å². The molecule has 1 aromatic heterocycles. The van der Waals surface area contributed by atoms with Crippen molar-refractivity contribution < 1.29 is 14.4 Å². The van der Waals surface area contributed by atoms with Crippen LogP contribution in [0, 0.1) is 11.8 Å². The average Bonchev–Trinajstić information content (AvgIpc) is 3.36. The van der Waals surface area contributed by atoms with Crippen LogP contribution in [0.5, 0.6) is 0 Å². The number of hydrogen-bond donors (Lipinski definition) is 2. The van der Waals surface area contributed by atoms with Crippen LogP contribution in [0.1, 0.15) is 63.8 Å². The van der Waals surface area contributed by atoms with E-state index in [4.69, 9.17) is 0 Å². The molecule has 41 heavy (non-hydrogen) atoms. The summed E-state index contributed by atoms with van der Waals surface area (Å²) in [5.74, 6) is -0.603. The molecule has 214 valence electrons. The summed E-state index contributed by atoms with van der Waals surface area (Å²) in [6, 6.07) is 17.3. The lowest BCUT2D eigenvalue weighted by Crippen LogP contribution is -2.67. The standard InChI is InChI=1S/C34H40N4O3/c1-21(2)17-28-31(39)36-29(27-18-24-9-6-7-10-25(24)19-27)33(41)38(28)30(32(40)37-34(3,4)5)23-14-12-22(13-15-23)26-11-8-16-35-20-26/h6-16,20-21,27-30H,17-19H2,1-5H3,(H,36,39)(H,37,40). The maximum absolute atomic E-state index is 14.5. The summed E-state index contributed by atoms with van der Waals surface area (Å²) >= 11 is 0. The Hall–Kier alpha value is -4.00. The van der Waals surface area contributed by atoms with Crippen molar-refractivity contribution in [2.45, 2.75) is 77.5 Å². The topological polar surface area (TPSA) is 91.4 Å². The molecule has 0 bridgehead atoms. The first-order chi connectivity index (χ1) is 19.5. The van der Waals surface area contributed by atoms with Crippen molar-refractivity contribution in [3.05, 3.63) is 89.7 Å². The zero-order valence-corrected chi connectivity index (χ0v) is 24.6. The van der Waals surface area contributed by atoms with Gasteiger partial charge in [0.1, 0.15) is 18.1 Å². The van der Waals surface area contributed by atoms with E-state index in [1.54, 1.807) is 17.3 Å². The maximum atomic E-state index is 14.5. The molecule has 2 heterocycles. The van der Waals surface area contributed by atoms with E-state index < -0.39 is 23.7 Å². The highest BCUT2D eigenvalue weighted by molar-refractivity contribution is 6.00. The minimum absolute atomic E-state index is 0.0642. The molecule has 1 aliphatic heterocycles. The third-order valence-corrected chi connectivity index (χ3v) is 7.95. The van der Waals surface area contributed by atoms with E-state index in [2.05, 4.69) is 27.8 Å². The Morgan fingerprint density at radius 3 is 2.20 bits per heavy atom. The van der Waals surface area contributed by atoms with Crippen LogP contribution in [0.2, 0.25) is 0 Å². The largest absolute Gasteiger partial charge is 0.349 e. The van der Waals surface area contributed by atoms with E-state index in [0.29, 0.717) is 24.8 Å². The Balaban J connectivity index is 1.55. The number of carbonyl (C=O) groups is 3. The number of pyridine rings is 1. The van der Waals surface area contributed by atoms with E-state index in [1.165, 1.54) is 11.1 Å². The molecule has 0 radical (unpaired) electrons. The van der Waals surface area contributed by atoms with Crippen LogP contribution in [-0.2, 0) is 27.2 Å². The summed E-state index contributed by atoms with van der Waals surface area (Å²) in [7, 11) is 0. The molecule has 1 fully saturated rings. The Kier molecular flexibility index (Phi) is 7.98. The van der Waals surface area contributed by atoms with Crippen molar-refractivity contribution in [1.82, 2.24) is 20.5 Å². The first-order valence-electron chi connectivity index (χ1n) is 14.5. The van der Waals surface area contributed by atoms with Crippen LogP contribution >= 0.6 is 0 Å². The molecule has 7 heteroatoms. The van der Waals surface area contributed by atoms with Gasteiger partial charge in [-0.25, -0.2) is 0 Å². The quantitative estimate of drug-likeness (QED) is 0.438. The second-order valence-corrected chi connectivity index (χ2v) is 12.8. The number of nitrogens with zero attached hydrogens (tertiary/aromatic N) is 2. The molecule has 3 amide bonds. The molecule has 2 aromatic carbocycles. The fraction of sp³-hybridized carbons (Fsp3) is 0.412. The van der Waals surface area contributed by atoms with Gasteiger partial charge in [-0.15, -0.1) is 0 Å². The van der Waals surface area contributed by atoms with Gasteiger partial charge in [-0.2, -0.15) is 0 Å². The lowest BCUT2D eigenvalue weighted by Gasteiger charge is -2.45. The van der Waals surface area contributed by atoms with E-state index in [0.717, 1.165) is 11.1 Å². The second-order valence-electron chi connectivity index (χ2n) is 12.8. The molecule has 0 spiro atoms.